The van der Waals surface area contributed by atoms with E-state index in [1.54, 1.807) is 19.5 Å². The smallest absolute Gasteiger partial charge is 0.151 e. The van der Waals surface area contributed by atoms with Gasteiger partial charge in [-0.05, 0) is 30.7 Å². The lowest BCUT2D eigenvalue weighted by molar-refractivity contribution is 0.415. The highest BCUT2D eigenvalue weighted by Crippen LogP contribution is 2.18. The third-order valence-electron chi connectivity index (χ3n) is 2.55. The number of benzene rings is 1. The van der Waals surface area contributed by atoms with E-state index in [1.807, 2.05) is 24.3 Å². The van der Waals surface area contributed by atoms with Crippen molar-refractivity contribution >= 4 is 17.3 Å². The Balaban J connectivity index is 2.05. The monoisotopic (exact) mass is 258 g/mol. The van der Waals surface area contributed by atoms with Gasteiger partial charge in [-0.15, -0.1) is 0 Å². The summed E-state index contributed by atoms with van der Waals surface area (Å²) in [4.78, 5) is 8.59. The molecule has 0 spiro atoms. The lowest BCUT2D eigenvalue weighted by atomic mass is 10.3. The maximum absolute atomic E-state index is 5.12. The minimum Gasteiger partial charge on any atom is -0.497 e. The number of hydrogen-bond donors (Lipinski definition) is 2. The first-order chi connectivity index (χ1) is 9.31. The zero-order chi connectivity index (χ0) is 13.5. The fraction of sp³-hybridized carbons (Fsp3) is 0.286. The summed E-state index contributed by atoms with van der Waals surface area (Å²) in [5, 5.41) is 6.41. The molecular formula is C14H18N4O. The van der Waals surface area contributed by atoms with E-state index in [-0.39, 0.29) is 0 Å². The average molecular weight is 258 g/mol. The number of nitrogens with one attached hydrogen (secondary N) is 2. The van der Waals surface area contributed by atoms with Crippen LogP contribution in [0.2, 0.25) is 0 Å². The largest absolute Gasteiger partial charge is 0.497 e. The number of anilines is 3. The van der Waals surface area contributed by atoms with Gasteiger partial charge in [0.1, 0.15) is 11.6 Å². The first-order valence-electron chi connectivity index (χ1n) is 6.29. The van der Waals surface area contributed by atoms with Crippen LogP contribution in [0.3, 0.4) is 0 Å². The summed E-state index contributed by atoms with van der Waals surface area (Å²) in [5.74, 6) is 2.32. The molecule has 1 aromatic carbocycles. The topological polar surface area (TPSA) is 59.1 Å². The van der Waals surface area contributed by atoms with E-state index in [4.69, 9.17) is 4.74 Å². The van der Waals surface area contributed by atoms with Crippen LogP contribution >= 0.6 is 0 Å². The second kappa shape index (κ2) is 6.58. The molecule has 100 valence electrons. The Labute approximate surface area is 113 Å². The zero-order valence-electron chi connectivity index (χ0n) is 11.2. The highest BCUT2D eigenvalue weighted by atomic mass is 16.5. The minimum absolute atomic E-state index is 0.714. The molecule has 0 fully saturated rings. The van der Waals surface area contributed by atoms with E-state index in [1.165, 1.54) is 0 Å². The molecule has 0 bridgehead atoms. The van der Waals surface area contributed by atoms with Crippen LogP contribution in [0.5, 0.6) is 5.75 Å². The van der Waals surface area contributed by atoms with Crippen molar-refractivity contribution in [1.82, 2.24) is 9.97 Å². The van der Waals surface area contributed by atoms with Gasteiger partial charge in [0.05, 0.1) is 19.5 Å². The molecular weight excluding hydrogens is 240 g/mol. The van der Waals surface area contributed by atoms with Crippen LogP contribution in [0.1, 0.15) is 13.3 Å². The average Bonchev–Trinajstić information content (AvgIpc) is 2.46. The number of nitrogens with zero attached hydrogens (tertiary/aromatic N) is 2. The van der Waals surface area contributed by atoms with Crippen molar-refractivity contribution in [1.29, 1.82) is 0 Å². The van der Waals surface area contributed by atoms with Crippen molar-refractivity contribution in [2.24, 2.45) is 0 Å². The number of methoxy groups -OCH3 is 1. The molecule has 2 N–H and O–H groups in total. The van der Waals surface area contributed by atoms with E-state index in [2.05, 4.69) is 27.5 Å². The van der Waals surface area contributed by atoms with Gasteiger partial charge < -0.3 is 15.4 Å². The number of hydrogen-bond acceptors (Lipinski definition) is 5. The molecule has 0 atom stereocenters. The fourth-order valence-electron chi connectivity index (χ4n) is 1.59. The maximum Gasteiger partial charge on any atom is 0.151 e. The van der Waals surface area contributed by atoms with Gasteiger partial charge in [0.2, 0.25) is 0 Å². The molecule has 2 aromatic rings. The van der Waals surface area contributed by atoms with Crippen LogP contribution in [-0.4, -0.2) is 23.6 Å². The normalized spacial score (nSPS) is 10.0. The summed E-state index contributed by atoms with van der Waals surface area (Å²) in [6.45, 7) is 3.00. The Morgan fingerprint density at radius 3 is 2.53 bits per heavy atom. The second-order valence-corrected chi connectivity index (χ2v) is 4.07. The predicted molar refractivity (Wildman–Crippen MR) is 77.1 cm³/mol. The summed E-state index contributed by atoms with van der Waals surface area (Å²) in [6, 6.07) is 7.67. The molecule has 19 heavy (non-hydrogen) atoms. The van der Waals surface area contributed by atoms with Gasteiger partial charge in [0, 0.05) is 12.2 Å². The number of aromatic nitrogens is 2. The quantitative estimate of drug-likeness (QED) is 0.834. The third-order valence-corrected chi connectivity index (χ3v) is 2.55. The van der Waals surface area contributed by atoms with Gasteiger partial charge in [-0.3, -0.25) is 4.98 Å². The van der Waals surface area contributed by atoms with Crippen molar-refractivity contribution in [2.45, 2.75) is 13.3 Å². The number of rotatable bonds is 6. The zero-order valence-corrected chi connectivity index (χ0v) is 11.2. The van der Waals surface area contributed by atoms with E-state index in [0.29, 0.717) is 5.82 Å². The van der Waals surface area contributed by atoms with Crippen molar-refractivity contribution in [3.8, 4) is 5.75 Å². The summed E-state index contributed by atoms with van der Waals surface area (Å²) in [5.41, 5.74) is 0.947. The predicted octanol–water partition coefficient (Wildman–Crippen LogP) is 3.05. The van der Waals surface area contributed by atoms with Crippen LogP contribution in [0, 0.1) is 0 Å². The summed E-state index contributed by atoms with van der Waals surface area (Å²) >= 11 is 0. The van der Waals surface area contributed by atoms with Crippen molar-refractivity contribution in [3.63, 3.8) is 0 Å². The molecule has 0 saturated heterocycles. The van der Waals surface area contributed by atoms with Gasteiger partial charge in [-0.1, -0.05) is 6.92 Å². The Hall–Kier alpha value is -2.30. The fourth-order valence-corrected chi connectivity index (χ4v) is 1.59. The molecule has 0 amide bonds. The van der Waals surface area contributed by atoms with Gasteiger partial charge in [0.25, 0.3) is 0 Å². The molecule has 1 heterocycles. The molecule has 1 aromatic heterocycles. The lowest BCUT2D eigenvalue weighted by Gasteiger charge is -2.08. The van der Waals surface area contributed by atoms with Gasteiger partial charge in [0.15, 0.2) is 5.82 Å². The standard InChI is InChI=1S/C14H18N4O/c1-3-8-16-13-9-15-10-14(18-13)17-11-4-6-12(19-2)7-5-11/h4-7,9-10H,3,8H2,1-2H3,(H2,16,17,18). The highest BCUT2D eigenvalue weighted by Gasteiger charge is 1.99. The first kappa shape index (κ1) is 13.1. The summed E-state index contributed by atoms with van der Waals surface area (Å²) in [7, 11) is 1.65. The number of ether oxygens (including phenoxy) is 1. The molecule has 0 radical (unpaired) electrons. The van der Waals surface area contributed by atoms with Gasteiger partial charge in [-0.2, -0.15) is 0 Å². The first-order valence-corrected chi connectivity index (χ1v) is 6.29. The summed E-state index contributed by atoms with van der Waals surface area (Å²) < 4.78 is 5.12. The second-order valence-electron chi connectivity index (χ2n) is 4.07. The molecule has 0 aliphatic carbocycles. The third kappa shape index (κ3) is 3.84. The van der Waals surface area contributed by atoms with E-state index in [0.717, 1.165) is 30.2 Å². The van der Waals surface area contributed by atoms with Crippen molar-refractivity contribution in [3.05, 3.63) is 36.7 Å². The van der Waals surface area contributed by atoms with E-state index in [9.17, 15) is 0 Å². The molecule has 5 heteroatoms. The van der Waals surface area contributed by atoms with Crippen LogP contribution in [-0.2, 0) is 0 Å². The Morgan fingerprint density at radius 2 is 1.84 bits per heavy atom. The molecule has 0 aliphatic heterocycles. The van der Waals surface area contributed by atoms with Crippen LogP contribution in [0.25, 0.3) is 0 Å². The molecule has 5 nitrogen and oxygen atoms in total. The molecule has 0 aliphatic rings. The molecule has 0 saturated carbocycles. The lowest BCUT2D eigenvalue weighted by Crippen LogP contribution is -2.04. The minimum atomic E-state index is 0.714. The van der Waals surface area contributed by atoms with Gasteiger partial charge in [-0.25, -0.2) is 4.98 Å². The Kier molecular flexibility index (Phi) is 4.55. The van der Waals surface area contributed by atoms with Crippen LogP contribution in [0.15, 0.2) is 36.7 Å². The van der Waals surface area contributed by atoms with Crippen molar-refractivity contribution < 1.29 is 4.74 Å². The molecule has 0 unspecified atom stereocenters. The van der Waals surface area contributed by atoms with Crippen LogP contribution in [0.4, 0.5) is 17.3 Å². The SMILES string of the molecule is CCCNc1cncc(Nc2ccc(OC)cc2)n1. The Morgan fingerprint density at radius 1 is 1.11 bits per heavy atom. The van der Waals surface area contributed by atoms with E-state index >= 15 is 0 Å². The van der Waals surface area contributed by atoms with Crippen LogP contribution < -0.4 is 15.4 Å². The Bertz CT molecular complexity index is 513. The maximum atomic E-state index is 5.12. The highest BCUT2D eigenvalue weighted by molar-refractivity contribution is 5.57. The summed E-state index contributed by atoms with van der Waals surface area (Å²) in [6.07, 6.45) is 4.47. The van der Waals surface area contributed by atoms with Crippen molar-refractivity contribution in [2.75, 3.05) is 24.3 Å². The van der Waals surface area contributed by atoms with Gasteiger partial charge >= 0.3 is 0 Å². The van der Waals surface area contributed by atoms with E-state index < -0.39 is 0 Å². The molecule has 2 rings (SSSR count).